The van der Waals surface area contributed by atoms with Crippen LogP contribution in [-0.4, -0.2) is 14.8 Å². The van der Waals surface area contributed by atoms with Crippen molar-refractivity contribution in [3.8, 4) is 5.69 Å². The van der Waals surface area contributed by atoms with Gasteiger partial charge in [-0.15, -0.1) is 10.2 Å². The van der Waals surface area contributed by atoms with Crippen LogP contribution in [0, 0.1) is 10.8 Å². The number of aryl methyl sites for hydroxylation is 1. The Hall–Kier alpha value is -0.910. The van der Waals surface area contributed by atoms with Crippen molar-refractivity contribution in [1.82, 2.24) is 14.8 Å². The van der Waals surface area contributed by atoms with Crippen LogP contribution in [0.25, 0.3) is 5.69 Å². The molecule has 4 heteroatoms. The molecular formula is C9H8IN3. The monoisotopic (exact) mass is 285 g/mol. The SMILES string of the molecule is Cc1nnc(I)n1-c1ccccc1. The van der Waals surface area contributed by atoms with Crippen molar-refractivity contribution in [3.63, 3.8) is 0 Å². The van der Waals surface area contributed by atoms with E-state index in [0.29, 0.717) is 0 Å². The molecule has 13 heavy (non-hydrogen) atoms. The summed E-state index contributed by atoms with van der Waals surface area (Å²) < 4.78 is 2.90. The predicted octanol–water partition coefficient (Wildman–Crippen LogP) is 2.18. The zero-order valence-electron chi connectivity index (χ0n) is 7.11. The van der Waals surface area contributed by atoms with E-state index in [-0.39, 0.29) is 0 Å². The van der Waals surface area contributed by atoms with Crippen LogP contribution in [0.4, 0.5) is 0 Å². The Kier molecular flexibility index (Phi) is 2.30. The number of aromatic nitrogens is 3. The Morgan fingerprint density at radius 1 is 1.15 bits per heavy atom. The molecule has 0 aliphatic heterocycles. The van der Waals surface area contributed by atoms with E-state index in [9.17, 15) is 0 Å². The summed E-state index contributed by atoms with van der Waals surface area (Å²) in [6.07, 6.45) is 0. The quantitative estimate of drug-likeness (QED) is 0.752. The molecule has 2 aromatic rings. The highest BCUT2D eigenvalue weighted by Crippen LogP contribution is 2.13. The number of hydrogen-bond acceptors (Lipinski definition) is 2. The molecule has 0 fully saturated rings. The first-order chi connectivity index (χ1) is 6.29. The number of rotatable bonds is 1. The average Bonchev–Trinajstić information content (AvgIpc) is 2.48. The number of para-hydroxylation sites is 1. The van der Waals surface area contributed by atoms with Crippen LogP contribution in [0.2, 0.25) is 0 Å². The highest BCUT2D eigenvalue weighted by atomic mass is 127. The van der Waals surface area contributed by atoms with Crippen molar-refractivity contribution in [2.24, 2.45) is 0 Å². The topological polar surface area (TPSA) is 30.7 Å². The standard InChI is InChI=1S/C9H8IN3/c1-7-11-12-9(10)13(7)8-5-3-2-4-6-8/h2-6H,1H3. The molecule has 0 aliphatic carbocycles. The largest absolute Gasteiger partial charge is 0.275 e. The van der Waals surface area contributed by atoms with E-state index < -0.39 is 0 Å². The maximum absolute atomic E-state index is 4.00. The van der Waals surface area contributed by atoms with Crippen molar-refractivity contribution in [2.45, 2.75) is 6.92 Å². The summed E-state index contributed by atoms with van der Waals surface area (Å²) in [6.45, 7) is 1.95. The molecule has 2 rings (SSSR count). The first-order valence-corrected chi connectivity index (χ1v) is 5.00. The third-order valence-electron chi connectivity index (χ3n) is 1.80. The molecule has 0 atom stereocenters. The molecule has 3 nitrogen and oxygen atoms in total. The minimum atomic E-state index is 0.890. The molecule has 0 radical (unpaired) electrons. The minimum absolute atomic E-state index is 0.890. The van der Waals surface area contributed by atoms with Crippen molar-refractivity contribution in [2.75, 3.05) is 0 Å². The first kappa shape index (κ1) is 8.68. The van der Waals surface area contributed by atoms with Gasteiger partial charge in [-0.05, 0) is 19.1 Å². The van der Waals surface area contributed by atoms with Crippen LogP contribution >= 0.6 is 22.6 Å². The summed E-state index contributed by atoms with van der Waals surface area (Å²) in [5, 5.41) is 7.99. The van der Waals surface area contributed by atoms with E-state index in [1.165, 1.54) is 0 Å². The van der Waals surface area contributed by atoms with E-state index in [1.807, 2.05) is 41.8 Å². The molecule has 66 valence electrons. The van der Waals surface area contributed by atoms with Crippen LogP contribution in [-0.2, 0) is 0 Å². The number of benzene rings is 1. The van der Waals surface area contributed by atoms with Gasteiger partial charge in [-0.3, -0.25) is 4.57 Å². The fraction of sp³-hybridized carbons (Fsp3) is 0.111. The van der Waals surface area contributed by atoms with E-state index in [0.717, 1.165) is 15.3 Å². The van der Waals surface area contributed by atoms with Gasteiger partial charge in [0, 0.05) is 28.3 Å². The van der Waals surface area contributed by atoms with Crippen LogP contribution in [0.3, 0.4) is 0 Å². The third-order valence-corrected chi connectivity index (χ3v) is 2.50. The Balaban J connectivity index is 2.59. The zero-order chi connectivity index (χ0) is 9.26. The smallest absolute Gasteiger partial charge is 0.199 e. The molecule has 0 aliphatic rings. The van der Waals surface area contributed by atoms with Crippen LogP contribution < -0.4 is 0 Å². The predicted molar refractivity (Wildman–Crippen MR) is 58.8 cm³/mol. The van der Waals surface area contributed by atoms with E-state index >= 15 is 0 Å². The lowest BCUT2D eigenvalue weighted by Gasteiger charge is -2.03. The van der Waals surface area contributed by atoms with Crippen LogP contribution in [0.1, 0.15) is 5.82 Å². The van der Waals surface area contributed by atoms with Gasteiger partial charge in [0.25, 0.3) is 0 Å². The molecule has 0 unspecified atom stereocenters. The van der Waals surface area contributed by atoms with E-state index in [1.54, 1.807) is 0 Å². The zero-order valence-corrected chi connectivity index (χ0v) is 9.26. The summed E-state index contributed by atoms with van der Waals surface area (Å²) in [5.74, 6) is 0.913. The van der Waals surface area contributed by atoms with Gasteiger partial charge in [0.1, 0.15) is 5.82 Å². The maximum atomic E-state index is 4.00. The van der Waals surface area contributed by atoms with Gasteiger partial charge in [-0.1, -0.05) is 18.2 Å². The highest BCUT2D eigenvalue weighted by Gasteiger charge is 2.06. The summed E-state index contributed by atoms with van der Waals surface area (Å²) in [7, 11) is 0. The number of nitrogens with zero attached hydrogens (tertiary/aromatic N) is 3. The number of halogens is 1. The fourth-order valence-corrected chi connectivity index (χ4v) is 1.94. The van der Waals surface area contributed by atoms with Crippen LogP contribution in [0.15, 0.2) is 30.3 Å². The second-order valence-corrected chi connectivity index (χ2v) is 3.65. The molecule has 0 spiro atoms. The summed E-state index contributed by atoms with van der Waals surface area (Å²) >= 11 is 2.17. The molecule has 0 saturated heterocycles. The minimum Gasteiger partial charge on any atom is -0.275 e. The van der Waals surface area contributed by atoms with Crippen molar-refractivity contribution < 1.29 is 0 Å². The van der Waals surface area contributed by atoms with E-state index in [4.69, 9.17) is 0 Å². The van der Waals surface area contributed by atoms with Gasteiger partial charge in [-0.2, -0.15) is 0 Å². The Morgan fingerprint density at radius 3 is 2.38 bits per heavy atom. The molecule has 0 bridgehead atoms. The van der Waals surface area contributed by atoms with Gasteiger partial charge in [0.2, 0.25) is 0 Å². The summed E-state index contributed by atoms with van der Waals surface area (Å²) in [4.78, 5) is 0. The highest BCUT2D eigenvalue weighted by molar-refractivity contribution is 14.1. The Bertz CT molecular complexity index is 389. The van der Waals surface area contributed by atoms with Crippen molar-refractivity contribution >= 4 is 22.6 Å². The Labute approximate surface area is 89.9 Å². The van der Waals surface area contributed by atoms with Gasteiger partial charge >= 0.3 is 0 Å². The first-order valence-electron chi connectivity index (χ1n) is 3.92. The Morgan fingerprint density at radius 2 is 1.85 bits per heavy atom. The second-order valence-electron chi connectivity index (χ2n) is 2.69. The number of hydrogen-bond donors (Lipinski definition) is 0. The normalized spacial score (nSPS) is 10.3. The third kappa shape index (κ3) is 1.58. The molecule has 1 aromatic carbocycles. The van der Waals surface area contributed by atoms with Crippen molar-refractivity contribution in [1.29, 1.82) is 0 Å². The average molecular weight is 285 g/mol. The molecule has 0 saturated carbocycles. The molecule has 1 heterocycles. The summed E-state index contributed by atoms with van der Waals surface area (Å²) in [5.41, 5.74) is 1.11. The fourth-order valence-electron chi connectivity index (χ4n) is 1.21. The molecule has 0 N–H and O–H groups in total. The lowest BCUT2D eigenvalue weighted by Crippen LogP contribution is -1.98. The van der Waals surface area contributed by atoms with Crippen molar-refractivity contribution in [3.05, 3.63) is 40.0 Å². The van der Waals surface area contributed by atoms with Gasteiger partial charge in [-0.25, -0.2) is 0 Å². The molecule has 0 amide bonds. The van der Waals surface area contributed by atoms with Gasteiger partial charge in [0.15, 0.2) is 3.83 Å². The van der Waals surface area contributed by atoms with Gasteiger partial charge < -0.3 is 0 Å². The molecule has 1 aromatic heterocycles. The lowest BCUT2D eigenvalue weighted by atomic mass is 10.3. The summed E-state index contributed by atoms with van der Waals surface area (Å²) in [6, 6.07) is 10.1. The van der Waals surface area contributed by atoms with Gasteiger partial charge in [0.05, 0.1) is 0 Å². The van der Waals surface area contributed by atoms with Crippen LogP contribution in [0.5, 0.6) is 0 Å². The molecular weight excluding hydrogens is 277 g/mol. The lowest BCUT2D eigenvalue weighted by molar-refractivity contribution is 0.955. The maximum Gasteiger partial charge on any atom is 0.199 e. The van der Waals surface area contributed by atoms with E-state index in [2.05, 4.69) is 32.8 Å². The second kappa shape index (κ2) is 3.45.